The van der Waals surface area contributed by atoms with Gasteiger partial charge in [-0.15, -0.1) is 0 Å². The van der Waals surface area contributed by atoms with Crippen LogP contribution in [0.4, 0.5) is 4.79 Å². The summed E-state index contributed by atoms with van der Waals surface area (Å²) in [7, 11) is 0. The molecule has 2 saturated heterocycles. The van der Waals surface area contributed by atoms with Gasteiger partial charge in [0.2, 0.25) is 11.8 Å². The van der Waals surface area contributed by atoms with Crippen molar-refractivity contribution in [2.45, 2.75) is 181 Å². The van der Waals surface area contributed by atoms with E-state index in [2.05, 4.69) is 25.1 Å². The summed E-state index contributed by atoms with van der Waals surface area (Å²) >= 11 is 0. The second kappa shape index (κ2) is 28.2. The van der Waals surface area contributed by atoms with Gasteiger partial charge in [-0.05, 0) is 71.8 Å². The molecule has 16 heteroatoms. The summed E-state index contributed by atoms with van der Waals surface area (Å²) < 4.78 is 26.9. The highest BCUT2D eigenvalue weighted by Crippen LogP contribution is 2.23. The van der Waals surface area contributed by atoms with Crippen molar-refractivity contribution in [3.8, 4) is 0 Å². The Bertz CT molecular complexity index is 1450. The molecule has 60 heavy (non-hydrogen) atoms. The lowest BCUT2D eigenvalue weighted by atomic mass is 9.99. The van der Waals surface area contributed by atoms with Crippen molar-refractivity contribution in [3.63, 3.8) is 0 Å². The molecular formula is C44H73N3O13. The fraction of sp³-hybridized carbons (Fsp3) is 0.727. The monoisotopic (exact) mass is 852 g/mol. The zero-order valence-corrected chi connectivity index (χ0v) is 37.3. The number of amides is 3. The SMILES string of the molecule is C=C(C)C(=C)OCCNC(=O)OC(CC)CC(CC(O)CC(C)N1CCCC1=O)OC(C)=O.C=C(C)C(=O)OC(CC)CC(CC(O)CC(C)N1CCCC1=O)OC(C)=O. The minimum absolute atomic E-state index is 0.0730. The van der Waals surface area contributed by atoms with Crippen LogP contribution in [0.1, 0.15) is 132 Å². The molecule has 3 amide bonds. The molecule has 0 aromatic rings. The summed E-state index contributed by atoms with van der Waals surface area (Å²) in [4.78, 5) is 74.2. The maximum Gasteiger partial charge on any atom is 0.407 e. The summed E-state index contributed by atoms with van der Waals surface area (Å²) in [5.74, 6) is -0.719. The Morgan fingerprint density at radius 1 is 0.650 bits per heavy atom. The van der Waals surface area contributed by atoms with E-state index in [0.29, 0.717) is 68.4 Å². The second-order valence-corrected chi connectivity index (χ2v) is 15.9. The highest BCUT2D eigenvalue weighted by Gasteiger charge is 2.31. The number of aliphatic hydroxyl groups excluding tert-OH is 2. The number of carbonyl (C=O) groups excluding carboxylic acids is 6. The van der Waals surface area contributed by atoms with Crippen LogP contribution in [0.2, 0.25) is 0 Å². The average molecular weight is 852 g/mol. The molecule has 0 aliphatic carbocycles. The van der Waals surface area contributed by atoms with Crippen molar-refractivity contribution in [1.82, 2.24) is 15.1 Å². The van der Waals surface area contributed by atoms with Gasteiger partial charge in [0.05, 0.1) is 18.8 Å². The van der Waals surface area contributed by atoms with Gasteiger partial charge in [-0.25, -0.2) is 9.59 Å². The molecular weight excluding hydrogens is 778 g/mol. The predicted octanol–water partition coefficient (Wildman–Crippen LogP) is 5.43. The molecule has 0 aromatic carbocycles. The van der Waals surface area contributed by atoms with Crippen LogP contribution < -0.4 is 5.32 Å². The lowest BCUT2D eigenvalue weighted by Crippen LogP contribution is -2.38. The van der Waals surface area contributed by atoms with Gasteiger partial charge >= 0.3 is 24.0 Å². The topological polar surface area (TPSA) is 208 Å². The van der Waals surface area contributed by atoms with Crippen molar-refractivity contribution >= 4 is 35.8 Å². The van der Waals surface area contributed by atoms with Crippen molar-refractivity contribution in [1.29, 1.82) is 0 Å². The smallest absolute Gasteiger partial charge is 0.407 e. The van der Waals surface area contributed by atoms with Crippen LogP contribution in [0, 0.1) is 0 Å². The molecule has 0 saturated carbocycles. The third-order valence-corrected chi connectivity index (χ3v) is 10.2. The lowest BCUT2D eigenvalue weighted by Gasteiger charge is -2.29. The maximum atomic E-state index is 12.1. The molecule has 2 fully saturated rings. The highest BCUT2D eigenvalue weighted by molar-refractivity contribution is 5.87. The summed E-state index contributed by atoms with van der Waals surface area (Å²) in [6.07, 6.45) is 1.46. The zero-order valence-electron chi connectivity index (χ0n) is 37.3. The summed E-state index contributed by atoms with van der Waals surface area (Å²) in [6.45, 7) is 26.4. The Hall–Kier alpha value is -4.44. The Kier molecular flexibility index (Phi) is 25.1. The zero-order chi connectivity index (χ0) is 45.5. The van der Waals surface area contributed by atoms with Gasteiger partial charge in [0.15, 0.2) is 0 Å². The molecule has 2 aliphatic rings. The fourth-order valence-electron chi connectivity index (χ4n) is 7.04. The predicted molar refractivity (Wildman–Crippen MR) is 225 cm³/mol. The molecule has 342 valence electrons. The molecule has 2 heterocycles. The van der Waals surface area contributed by atoms with Crippen LogP contribution >= 0.6 is 0 Å². The largest absolute Gasteiger partial charge is 0.492 e. The van der Waals surface area contributed by atoms with E-state index >= 15 is 0 Å². The molecule has 8 unspecified atom stereocenters. The van der Waals surface area contributed by atoms with Gasteiger partial charge in [0, 0.05) is 83.1 Å². The third-order valence-electron chi connectivity index (χ3n) is 10.2. The Morgan fingerprint density at radius 3 is 1.43 bits per heavy atom. The van der Waals surface area contributed by atoms with Crippen molar-refractivity contribution < 1.29 is 62.7 Å². The highest BCUT2D eigenvalue weighted by atomic mass is 16.6. The van der Waals surface area contributed by atoms with Crippen LogP contribution in [0.15, 0.2) is 36.6 Å². The number of hydrogen-bond acceptors (Lipinski definition) is 13. The number of nitrogens with one attached hydrogen (secondary N) is 1. The number of ether oxygens (including phenoxy) is 5. The minimum atomic E-state index is -0.761. The van der Waals surface area contributed by atoms with Gasteiger partial charge in [-0.3, -0.25) is 19.2 Å². The number of allylic oxidation sites excluding steroid dienone is 1. The molecule has 0 aromatic heterocycles. The molecule has 0 bridgehead atoms. The van der Waals surface area contributed by atoms with E-state index in [1.807, 2.05) is 27.7 Å². The number of likely N-dealkylation sites (tertiary alicyclic amines) is 2. The van der Waals surface area contributed by atoms with E-state index in [9.17, 15) is 39.0 Å². The number of carbonyl (C=O) groups is 6. The Balaban J connectivity index is 0.000000612. The first-order valence-corrected chi connectivity index (χ1v) is 21.2. The standard InChI is InChI=1S/C24H40N2O7.C20H33NO6/c1-7-21(33-24(30)25-10-12-31-18(5)16(2)3)15-22(32-19(6)27)14-20(28)13-17(4)26-11-8-9-23(26)29;1-6-17(27-20(25)13(2)3)12-18(26-15(5)22)11-16(23)10-14(4)21-9-7-8-19(21)24/h17,20-22,28H,2,5,7-15H2,1,3-4,6H3,(H,25,30);14,16-18,23H,2,6-12H2,1,3-5H3. The maximum absolute atomic E-state index is 12.1. The number of nitrogens with zero attached hydrogens (tertiary/aromatic N) is 2. The van der Waals surface area contributed by atoms with Crippen LogP contribution in [-0.2, 0) is 47.7 Å². The van der Waals surface area contributed by atoms with Gasteiger partial charge < -0.3 is 49.0 Å². The third kappa shape index (κ3) is 21.7. The molecule has 2 rings (SSSR count). The minimum Gasteiger partial charge on any atom is -0.492 e. The summed E-state index contributed by atoms with van der Waals surface area (Å²) in [5.41, 5.74) is 1.02. The van der Waals surface area contributed by atoms with Crippen LogP contribution in [-0.4, -0.2) is 131 Å². The fourth-order valence-corrected chi connectivity index (χ4v) is 7.04. The van der Waals surface area contributed by atoms with Crippen molar-refractivity contribution in [3.05, 3.63) is 36.6 Å². The normalized spacial score (nSPS) is 17.7. The van der Waals surface area contributed by atoms with E-state index in [1.54, 1.807) is 23.6 Å². The molecule has 16 nitrogen and oxygen atoms in total. The number of hydrogen-bond donors (Lipinski definition) is 3. The number of alkyl carbamates (subject to hydrolysis) is 1. The van der Waals surface area contributed by atoms with E-state index in [1.165, 1.54) is 13.8 Å². The van der Waals surface area contributed by atoms with E-state index < -0.39 is 60.6 Å². The lowest BCUT2D eigenvalue weighted by molar-refractivity contribution is -0.153. The second-order valence-electron chi connectivity index (χ2n) is 15.9. The first kappa shape index (κ1) is 53.6. The van der Waals surface area contributed by atoms with Crippen molar-refractivity contribution in [2.24, 2.45) is 0 Å². The van der Waals surface area contributed by atoms with Gasteiger partial charge in [-0.1, -0.05) is 33.6 Å². The molecule has 0 spiro atoms. The van der Waals surface area contributed by atoms with Crippen LogP contribution in [0.3, 0.4) is 0 Å². The summed E-state index contributed by atoms with van der Waals surface area (Å²) in [5, 5.41) is 23.6. The number of esters is 3. The van der Waals surface area contributed by atoms with E-state index in [4.69, 9.17) is 23.7 Å². The summed E-state index contributed by atoms with van der Waals surface area (Å²) in [6, 6.07) is -0.170. The number of aliphatic hydroxyl groups is 2. The molecule has 2 aliphatic heterocycles. The van der Waals surface area contributed by atoms with E-state index in [0.717, 1.165) is 19.4 Å². The molecule has 3 N–H and O–H groups in total. The van der Waals surface area contributed by atoms with Crippen LogP contribution in [0.5, 0.6) is 0 Å². The van der Waals surface area contributed by atoms with Crippen LogP contribution in [0.25, 0.3) is 0 Å². The molecule has 0 radical (unpaired) electrons. The Morgan fingerprint density at radius 2 is 1.08 bits per heavy atom. The first-order chi connectivity index (χ1) is 28.2. The van der Waals surface area contributed by atoms with Gasteiger partial charge in [0.1, 0.15) is 36.8 Å². The van der Waals surface area contributed by atoms with E-state index in [-0.39, 0.29) is 56.3 Å². The first-order valence-electron chi connectivity index (χ1n) is 21.2. The quantitative estimate of drug-likeness (QED) is 0.0248. The number of rotatable bonds is 26. The Labute approximate surface area is 357 Å². The van der Waals surface area contributed by atoms with Gasteiger partial charge in [0.25, 0.3) is 0 Å². The van der Waals surface area contributed by atoms with Gasteiger partial charge in [-0.2, -0.15) is 0 Å². The average Bonchev–Trinajstić information content (AvgIpc) is 3.79. The molecule has 8 atom stereocenters. The van der Waals surface area contributed by atoms with Crippen molar-refractivity contribution in [2.75, 3.05) is 26.2 Å².